The van der Waals surface area contributed by atoms with E-state index in [4.69, 9.17) is 5.73 Å². The van der Waals surface area contributed by atoms with Crippen LogP contribution < -0.4 is 5.73 Å². The summed E-state index contributed by atoms with van der Waals surface area (Å²) in [6.45, 7) is 1.91. The average molecular weight is 349 g/mol. The van der Waals surface area contributed by atoms with E-state index in [1.165, 1.54) is 11.3 Å². The smallest absolute Gasteiger partial charge is 0.163 e. The lowest BCUT2D eigenvalue weighted by Gasteiger charge is -2.06. The molecule has 1 unspecified atom stereocenters. The van der Waals surface area contributed by atoms with Gasteiger partial charge in [0.25, 0.3) is 0 Å². The number of rotatable bonds is 3. The molecule has 3 N–H and O–H groups in total. The lowest BCUT2D eigenvalue weighted by atomic mass is 10.2. The first-order valence-electron chi connectivity index (χ1n) is 7.71. The van der Waals surface area contributed by atoms with E-state index in [1.54, 1.807) is 18.5 Å². The Balaban J connectivity index is 1.80. The summed E-state index contributed by atoms with van der Waals surface area (Å²) >= 11 is 1.39. The molecule has 6 nitrogen and oxygen atoms in total. The molecule has 0 saturated carbocycles. The van der Waals surface area contributed by atoms with Gasteiger partial charge in [-0.25, -0.2) is 9.97 Å². The second kappa shape index (κ2) is 6.19. The third-order valence-electron chi connectivity index (χ3n) is 3.83. The number of aromatic nitrogens is 4. The SMILES string of the molecule is Cc1cc(-c2nc(N)c3cc(C(O)c4ccccn4)sc3n2)ccn1. The molecule has 0 bridgehead atoms. The van der Waals surface area contributed by atoms with Gasteiger partial charge >= 0.3 is 0 Å². The van der Waals surface area contributed by atoms with Crippen LogP contribution in [0.4, 0.5) is 5.82 Å². The van der Waals surface area contributed by atoms with E-state index in [9.17, 15) is 5.11 Å². The Morgan fingerprint density at radius 1 is 1.08 bits per heavy atom. The molecule has 0 saturated heterocycles. The predicted molar refractivity (Wildman–Crippen MR) is 98.1 cm³/mol. The zero-order valence-corrected chi connectivity index (χ0v) is 14.2. The first-order valence-corrected chi connectivity index (χ1v) is 8.52. The van der Waals surface area contributed by atoms with Crippen molar-refractivity contribution in [3.8, 4) is 11.4 Å². The Hall–Kier alpha value is -2.90. The minimum absolute atomic E-state index is 0.394. The number of nitrogens with two attached hydrogens (primary N) is 1. The van der Waals surface area contributed by atoms with E-state index in [-0.39, 0.29) is 0 Å². The Bertz CT molecular complexity index is 1050. The number of aryl methyl sites for hydroxylation is 1. The second-order valence-corrected chi connectivity index (χ2v) is 6.71. The fourth-order valence-corrected chi connectivity index (χ4v) is 3.63. The van der Waals surface area contributed by atoms with Gasteiger partial charge < -0.3 is 10.8 Å². The van der Waals surface area contributed by atoms with Gasteiger partial charge in [-0.3, -0.25) is 9.97 Å². The van der Waals surface area contributed by atoms with Crippen LogP contribution in [0.25, 0.3) is 21.6 Å². The number of aliphatic hydroxyl groups is 1. The number of fused-ring (bicyclic) bond motifs is 1. The highest BCUT2D eigenvalue weighted by atomic mass is 32.1. The molecule has 0 fully saturated rings. The summed E-state index contributed by atoms with van der Waals surface area (Å²) in [5.74, 6) is 0.946. The first kappa shape index (κ1) is 15.6. The molecule has 0 aliphatic rings. The molecule has 124 valence electrons. The molecule has 4 heterocycles. The average Bonchev–Trinajstić information content (AvgIpc) is 3.06. The highest BCUT2D eigenvalue weighted by Crippen LogP contribution is 2.34. The van der Waals surface area contributed by atoms with Gasteiger partial charge in [0.2, 0.25) is 0 Å². The summed E-state index contributed by atoms with van der Waals surface area (Å²) in [5.41, 5.74) is 8.46. The third kappa shape index (κ3) is 2.95. The fraction of sp³-hybridized carbons (Fsp3) is 0.111. The lowest BCUT2D eigenvalue weighted by Crippen LogP contribution is -1.99. The highest BCUT2D eigenvalue weighted by molar-refractivity contribution is 7.18. The normalized spacial score (nSPS) is 12.4. The van der Waals surface area contributed by atoms with Crippen molar-refractivity contribution in [3.05, 3.63) is 65.1 Å². The van der Waals surface area contributed by atoms with Crippen LogP contribution in [-0.2, 0) is 0 Å². The van der Waals surface area contributed by atoms with Crippen molar-refractivity contribution in [1.82, 2.24) is 19.9 Å². The summed E-state index contributed by atoms with van der Waals surface area (Å²) < 4.78 is 0. The van der Waals surface area contributed by atoms with Crippen molar-refractivity contribution in [2.75, 3.05) is 5.73 Å². The van der Waals surface area contributed by atoms with Crippen molar-refractivity contribution in [1.29, 1.82) is 0 Å². The fourth-order valence-electron chi connectivity index (χ4n) is 2.59. The monoisotopic (exact) mass is 349 g/mol. The number of aliphatic hydroxyl groups excluding tert-OH is 1. The largest absolute Gasteiger partial charge is 0.383 e. The van der Waals surface area contributed by atoms with Gasteiger partial charge in [0.1, 0.15) is 16.8 Å². The van der Waals surface area contributed by atoms with Crippen molar-refractivity contribution in [3.63, 3.8) is 0 Å². The van der Waals surface area contributed by atoms with E-state index in [1.807, 2.05) is 37.3 Å². The van der Waals surface area contributed by atoms with Gasteiger partial charge in [-0.05, 0) is 37.3 Å². The van der Waals surface area contributed by atoms with Crippen LogP contribution in [0, 0.1) is 6.92 Å². The van der Waals surface area contributed by atoms with E-state index < -0.39 is 6.10 Å². The summed E-state index contributed by atoms with van der Waals surface area (Å²) in [6, 6.07) is 11.0. The number of nitrogen functional groups attached to an aromatic ring is 1. The van der Waals surface area contributed by atoms with E-state index in [0.717, 1.165) is 26.4 Å². The second-order valence-electron chi connectivity index (χ2n) is 5.64. The van der Waals surface area contributed by atoms with Crippen LogP contribution in [-0.4, -0.2) is 25.0 Å². The first-order chi connectivity index (χ1) is 12.1. The van der Waals surface area contributed by atoms with Gasteiger partial charge in [0, 0.05) is 28.5 Å². The van der Waals surface area contributed by atoms with Crippen molar-refractivity contribution in [2.45, 2.75) is 13.0 Å². The molecule has 0 spiro atoms. The number of hydrogen-bond acceptors (Lipinski definition) is 7. The third-order valence-corrected chi connectivity index (χ3v) is 4.91. The van der Waals surface area contributed by atoms with Crippen molar-refractivity contribution < 1.29 is 5.11 Å². The highest BCUT2D eigenvalue weighted by Gasteiger charge is 2.18. The van der Waals surface area contributed by atoms with E-state index in [0.29, 0.717) is 17.3 Å². The molecule has 1 atom stereocenters. The van der Waals surface area contributed by atoms with Gasteiger partial charge in [-0.15, -0.1) is 11.3 Å². The standard InChI is InChI=1S/C18H15N5OS/c1-10-8-11(5-7-20-10)17-22-16(19)12-9-14(25-18(12)23-17)15(24)13-4-2-3-6-21-13/h2-9,15,24H,1H3,(H2,19,22,23). The Morgan fingerprint density at radius 2 is 1.96 bits per heavy atom. The number of anilines is 1. The Kier molecular flexibility index (Phi) is 3.87. The van der Waals surface area contributed by atoms with Crippen LogP contribution in [0.5, 0.6) is 0 Å². The number of hydrogen-bond donors (Lipinski definition) is 2. The zero-order chi connectivity index (χ0) is 17.4. The molecule has 0 aromatic carbocycles. The molecule has 0 radical (unpaired) electrons. The molecule has 25 heavy (non-hydrogen) atoms. The van der Waals surface area contributed by atoms with E-state index >= 15 is 0 Å². The molecular weight excluding hydrogens is 334 g/mol. The summed E-state index contributed by atoms with van der Waals surface area (Å²) in [7, 11) is 0. The summed E-state index contributed by atoms with van der Waals surface area (Å²) in [5, 5.41) is 11.3. The topological polar surface area (TPSA) is 97.8 Å². The molecule has 0 amide bonds. The predicted octanol–water partition coefficient (Wildman–Crippen LogP) is 3.12. The van der Waals surface area contributed by atoms with Gasteiger partial charge in [-0.1, -0.05) is 6.07 Å². The Morgan fingerprint density at radius 3 is 2.72 bits per heavy atom. The van der Waals surface area contributed by atoms with E-state index in [2.05, 4.69) is 19.9 Å². The molecule has 0 aliphatic carbocycles. The summed E-state index contributed by atoms with van der Waals surface area (Å²) in [4.78, 5) is 18.9. The van der Waals surface area contributed by atoms with Crippen LogP contribution in [0.3, 0.4) is 0 Å². The van der Waals surface area contributed by atoms with Crippen LogP contribution in [0.2, 0.25) is 0 Å². The lowest BCUT2D eigenvalue weighted by molar-refractivity contribution is 0.219. The molecule has 0 aliphatic heterocycles. The maximum absolute atomic E-state index is 10.6. The number of nitrogens with zero attached hydrogens (tertiary/aromatic N) is 4. The molecule has 7 heteroatoms. The number of pyridine rings is 2. The quantitative estimate of drug-likeness (QED) is 0.590. The van der Waals surface area contributed by atoms with Crippen molar-refractivity contribution in [2.24, 2.45) is 0 Å². The molecule has 4 rings (SSSR count). The number of thiophene rings is 1. The van der Waals surface area contributed by atoms with Gasteiger partial charge in [-0.2, -0.15) is 0 Å². The zero-order valence-electron chi connectivity index (χ0n) is 13.4. The Labute approximate surface area is 148 Å². The summed E-state index contributed by atoms with van der Waals surface area (Å²) in [6.07, 6.45) is 2.56. The minimum atomic E-state index is -0.814. The maximum atomic E-state index is 10.6. The maximum Gasteiger partial charge on any atom is 0.163 e. The molecule has 4 aromatic rings. The molecule has 4 aromatic heterocycles. The van der Waals surface area contributed by atoms with Gasteiger partial charge in [0.15, 0.2) is 5.82 Å². The van der Waals surface area contributed by atoms with Crippen LogP contribution in [0.15, 0.2) is 48.8 Å². The van der Waals surface area contributed by atoms with Crippen LogP contribution in [0.1, 0.15) is 22.4 Å². The van der Waals surface area contributed by atoms with Gasteiger partial charge in [0.05, 0.1) is 11.1 Å². The minimum Gasteiger partial charge on any atom is -0.383 e. The van der Waals surface area contributed by atoms with Crippen LogP contribution >= 0.6 is 11.3 Å². The van der Waals surface area contributed by atoms with Crippen molar-refractivity contribution >= 4 is 27.4 Å². The molecular formula is C18H15N5OS.